The molecule has 1 aliphatic rings. The van der Waals surface area contributed by atoms with E-state index in [-0.39, 0.29) is 11.5 Å². The molecule has 0 aliphatic heterocycles. The molecule has 2 atom stereocenters. The Morgan fingerprint density at radius 2 is 2.20 bits per heavy atom. The lowest BCUT2D eigenvalue weighted by molar-refractivity contribution is -0.130. The Balaban J connectivity index is 2.52. The van der Waals surface area contributed by atoms with Crippen LogP contribution in [-0.2, 0) is 9.53 Å². The van der Waals surface area contributed by atoms with Crippen molar-refractivity contribution in [3.05, 3.63) is 12.7 Å². The van der Waals surface area contributed by atoms with Gasteiger partial charge in [0.15, 0.2) is 0 Å². The second kappa shape index (κ2) is 2.11. The fourth-order valence-electron chi connectivity index (χ4n) is 1.38. The molecule has 0 aromatic carbocycles. The van der Waals surface area contributed by atoms with Gasteiger partial charge in [-0.15, -0.1) is 6.58 Å². The molecular weight excluding hydrogens is 128 g/mol. The third-order valence-electron chi connectivity index (χ3n) is 2.27. The van der Waals surface area contributed by atoms with Crippen molar-refractivity contribution >= 4 is 6.47 Å². The summed E-state index contributed by atoms with van der Waals surface area (Å²) >= 11 is 0. The van der Waals surface area contributed by atoms with Crippen molar-refractivity contribution in [1.82, 2.24) is 0 Å². The molecule has 1 fully saturated rings. The van der Waals surface area contributed by atoms with Crippen molar-refractivity contribution in [2.45, 2.75) is 20.0 Å². The highest BCUT2D eigenvalue weighted by Gasteiger charge is 2.58. The maximum atomic E-state index is 9.95. The highest BCUT2D eigenvalue weighted by molar-refractivity contribution is 5.39. The van der Waals surface area contributed by atoms with E-state index < -0.39 is 0 Å². The lowest BCUT2D eigenvalue weighted by Gasteiger charge is -1.97. The summed E-state index contributed by atoms with van der Waals surface area (Å²) < 4.78 is 4.82. The van der Waals surface area contributed by atoms with E-state index in [9.17, 15) is 4.79 Å². The van der Waals surface area contributed by atoms with Gasteiger partial charge in [0.05, 0.1) is 0 Å². The van der Waals surface area contributed by atoms with Gasteiger partial charge in [0.25, 0.3) is 6.47 Å². The molecule has 1 rings (SSSR count). The lowest BCUT2D eigenvalue weighted by Crippen LogP contribution is -1.98. The molecule has 1 saturated carbocycles. The van der Waals surface area contributed by atoms with Crippen LogP contribution in [0, 0.1) is 11.3 Å². The van der Waals surface area contributed by atoms with E-state index >= 15 is 0 Å². The molecule has 0 heterocycles. The number of hydrogen-bond acceptors (Lipinski definition) is 2. The van der Waals surface area contributed by atoms with Crippen LogP contribution in [0.5, 0.6) is 0 Å². The highest BCUT2D eigenvalue weighted by Crippen LogP contribution is 2.54. The molecule has 0 aromatic rings. The molecule has 0 spiro atoms. The zero-order valence-corrected chi connectivity index (χ0v) is 6.33. The first-order valence-electron chi connectivity index (χ1n) is 3.36. The zero-order chi connectivity index (χ0) is 7.78. The van der Waals surface area contributed by atoms with Crippen molar-refractivity contribution < 1.29 is 9.53 Å². The van der Waals surface area contributed by atoms with Crippen molar-refractivity contribution in [1.29, 1.82) is 0 Å². The molecule has 2 unspecified atom stereocenters. The number of rotatable bonds is 3. The predicted octanol–water partition coefficient (Wildman–Crippen LogP) is 1.37. The van der Waals surface area contributed by atoms with Crippen LogP contribution in [0.25, 0.3) is 0 Å². The molecule has 0 N–H and O–H groups in total. The van der Waals surface area contributed by atoms with Gasteiger partial charge >= 0.3 is 0 Å². The van der Waals surface area contributed by atoms with Gasteiger partial charge in [-0.25, -0.2) is 0 Å². The van der Waals surface area contributed by atoms with E-state index in [2.05, 4.69) is 20.4 Å². The normalized spacial score (nSPS) is 34.6. The van der Waals surface area contributed by atoms with Crippen LogP contribution >= 0.6 is 0 Å². The summed E-state index contributed by atoms with van der Waals surface area (Å²) in [5.74, 6) is 0.345. The minimum atomic E-state index is 0.0579. The molecular formula is C8H12O2. The Bertz CT molecular complexity index is 161. The molecule has 0 bridgehead atoms. The number of hydrogen-bond donors (Lipinski definition) is 0. The SMILES string of the molecule is C=CC1C(OC=O)C1(C)C. The van der Waals surface area contributed by atoms with Crippen LogP contribution in [0.4, 0.5) is 0 Å². The second-order valence-corrected chi connectivity index (χ2v) is 3.24. The first kappa shape index (κ1) is 7.32. The van der Waals surface area contributed by atoms with E-state index in [4.69, 9.17) is 4.74 Å². The second-order valence-electron chi connectivity index (χ2n) is 3.24. The maximum Gasteiger partial charge on any atom is 0.293 e. The molecule has 2 nitrogen and oxygen atoms in total. The molecule has 0 aromatic heterocycles. The molecule has 0 saturated heterocycles. The fraction of sp³-hybridized carbons (Fsp3) is 0.625. The average Bonchev–Trinajstić information content (AvgIpc) is 2.36. The Labute approximate surface area is 60.9 Å². The Morgan fingerprint density at radius 1 is 1.60 bits per heavy atom. The van der Waals surface area contributed by atoms with Crippen molar-refractivity contribution in [2.24, 2.45) is 11.3 Å². The van der Waals surface area contributed by atoms with E-state index in [1.165, 1.54) is 0 Å². The van der Waals surface area contributed by atoms with Crippen molar-refractivity contribution in [3.8, 4) is 0 Å². The van der Waals surface area contributed by atoms with Gasteiger partial charge in [-0.3, -0.25) is 4.79 Å². The van der Waals surface area contributed by atoms with Crippen molar-refractivity contribution in [2.75, 3.05) is 0 Å². The summed E-state index contributed by atoms with van der Waals surface area (Å²) in [5, 5.41) is 0. The monoisotopic (exact) mass is 140 g/mol. The summed E-state index contributed by atoms with van der Waals surface area (Å²) in [6, 6.07) is 0. The first-order chi connectivity index (χ1) is 4.64. The average molecular weight is 140 g/mol. The largest absolute Gasteiger partial charge is 0.463 e. The molecule has 1 aliphatic carbocycles. The van der Waals surface area contributed by atoms with Crippen LogP contribution < -0.4 is 0 Å². The van der Waals surface area contributed by atoms with E-state index in [0.717, 1.165) is 0 Å². The Kier molecular flexibility index (Phi) is 1.55. The Hall–Kier alpha value is -0.790. The maximum absolute atomic E-state index is 9.95. The van der Waals surface area contributed by atoms with Crippen LogP contribution in [-0.4, -0.2) is 12.6 Å². The van der Waals surface area contributed by atoms with Crippen molar-refractivity contribution in [3.63, 3.8) is 0 Å². The molecule has 0 amide bonds. The summed E-state index contributed by atoms with van der Waals surface area (Å²) in [7, 11) is 0. The summed E-state index contributed by atoms with van der Waals surface area (Å²) in [6.07, 6.45) is 1.90. The van der Waals surface area contributed by atoms with Gasteiger partial charge in [-0.1, -0.05) is 19.9 Å². The van der Waals surface area contributed by atoms with Crippen LogP contribution in [0.2, 0.25) is 0 Å². The Morgan fingerprint density at radius 3 is 2.50 bits per heavy atom. The molecule has 56 valence electrons. The topological polar surface area (TPSA) is 26.3 Å². The fourth-order valence-corrected chi connectivity index (χ4v) is 1.38. The predicted molar refractivity (Wildman–Crippen MR) is 38.4 cm³/mol. The van der Waals surface area contributed by atoms with Gasteiger partial charge in [-0.2, -0.15) is 0 Å². The lowest BCUT2D eigenvalue weighted by atomic mass is 10.1. The number of ether oxygens (including phenoxy) is 1. The molecule has 10 heavy (non-hydrogen) atoms. The van der Waals surface area contributed by atoms with E-state index in [1.54, 1.807) is 0 Å². The minimum Gasteiger partial charge on any atom is -0.463 e. The van der Waals surface area contributed by atoms with Crippen LogP contribution in [0.15, 0.2) is 12.7 Å². The molecule has 0 radical (unpaired) electrons. The molecule has 2 heteroatoms. The standard InChI is InChI=1S/C8H12O2/c1-4-6-7(10-5-9)8(6,2)3/h4-7H,1H2,2-3H3. The van der Waals surface area contributed by atoms with E-state index in [1.807, 2.05) is 6.08 Å². The number of carbonyl (C=O) groups is 1. The van der Waals surface area contributed by atoms with E-state index in [0.29, 0.717) is 12.4 Å². The number of carbonyl (C=O) groups excluding carboxylic acids is 1. The summed E-state index contributed by atoms with van der Waals surface area (Å²) in [6.45, 7) is 8.29. The minimum absolute atomic E-state index is 0.0579. The van der Waals surface area contributed by atoms with Crippen LogP contribution in [0.1, 0.15) is 13.8 Å². The first-order valence-corrected chi connectivity index (χ1v) is 3.36. The third-order valence-corrected chi connectivity index (χ3v) is 2.27. The smallest absolute Gasteiger partial charge is 0.293 e. The summed E-state index contributed by atoms with van der Waals surface area (Å²) in [5.41, 5.74) is 0.114. The van der Waals surface area contributed by atoms with Gasteiger partial charge in [0.1, 0.15) is 6.10 Å². The quantitative estimate of drug-likeness (QED) is 0.437. The van der Waals surface area contributed by atoms with Gasteiger partial charge < -0.3 is 4.74 Å². The summed E-state index contributed by atoms with van der Waals surface area (Å²) in [4.78, 5) is 9.95. The zero-order valence-electron chi connectivity index (χ0n) is 6.33. The highest BCUT2D eigenvalue weighted by atomic mass is 16.5. The van der Waals surface area contributed by atoms with Crippen LogP contribution in [0.3, 0.4) is 0 Å². The third kappa shape index (κ3) is 0.838. The van der Waals surface area contributed by atoms with Gasteiger partial charge in [0, 0.05) is 11.3 Å². The van der Waals surface area contributed by atoms with Gasteiger partial charge in [0.2, 0.25) is 0 Å². The van der Waals surface area contributed by atoms with Gasteiger partial charge in [-0.05, 0) is 0 Å².